The van der Waals surface area contributed by atoms with Crippen molar-refractivity contribution in [2.75, 3.05) is 13.7 Å². The first-order chi connectivity index (χ1) is 16.9. The number of ketones is 1. The number of benzene rings is 1. The van der Waals surface area contributed by atoms with Gasteiger partial charge in [-0.2, -0.15) is 0 Å². The van der Waals surface area contributed by atoms with Gasteiger partial charge in [-0.3, -0.25) is 4.79 Å². The molecule has 0 aromatic heterocycles. The van der Waals surface area contributed by atoms with Crippen LogP contribution in [-0.4, -0.2) is 52.7 Å². The fourth-order valence-corrected chi connectivity index (χ4v) is 4.73. The maximum absolute atomic E-state index is 12.5. The second-order valence-electron chi connectivity index (χ2n) is 12.8. The van der Waals surface area contributed by atoms with Crippen LogP contribution in [0.3, 0.4) is 0 Å². The van der Waals surface area contributed by atoms with E-state index in [0.29, 0.717) is 19.6 Å². The molecule has 0 bridgehead atoms. The summed E-state index contributed by atoms with van der Waals surface area (Å²) in [6.07, 6.45) is 3.56. The quantitative estimate of drug-likeness (QED) is 0.168. The maximum atomic E-state index is 12.5. The van der Waals surface area contributed by atoms with Crippen LogP contribution in [0.4, 0.5) is 0 Å². The standard InChI is InChI=1S/C30H50O5Si2/c1-24(22-35-37(10,11)29(2,3)4)13-12-19-30(5,28(32)21-26(31)18-20-36(7,8)9)34-23-25-14-16-27(33-6)17-15-25/h12-17,24,28,32H,19,21-23H2,1-11H3/b13-12+/t24-,28+,30-/m1/s1. The number of ether oxygens (including phenoxy) is 2. The Morgan fingerprint density at radius 1 is 1.08 bits per heavy atom. The number of carbonyl (C=O) groups excluding carboxylic acids is 1. The van der Waals surface area contributed by atoms with Crippen molar-refractivity contribution < 1.29 is 23.8 Å². The number of aliphatic hydroxyl groups excluding tert-OH is 1. The lowest BCUT2D eigenvalue weighted by Gasteiger charge is -2.36. The van der Waals surface area contributed by atoms with Crippen molar-refractivity contribution in [1.29, 1.82) is 0 Å². The minimum atomic E-state index is -1.81. The topological polar surface area (TPSA) is 65.0 Å². The molecule has 0 unspecified atom stereocenters. The first-order valence-corrected chi connectivity index (χ1v) is 19.6. The Bertz CT molecular complexity index is 945. The SMILES string of the molecule is COc1ccc(CO[C@](C)(C/C=C/[C@@H](C)CO[Si](C)(C)C(C)(C)C)[C@@H](O)CC(=O)C#C[Si](C)(C)C)cc1. The minimum Gasteiger partial charge on any atom is -0.497 e. The molecule has 0 saturated heterocycles. The summed E-state index contributed by atoms with van der Waals surface area (Å²) in [6, 6.07) is 7.64. The largest absolute Gasteiger partial charge is 0.497 e. The Kier molecular flexibility index (Phi) is 12.5. The highest BCUT2D eigenvalue weighted by Crippen LogP contribution is 2.36. The fourth-order valence-electron chi connectivity index (χ4n) is 3.11. The van der Waals surface area contributed by atoms with E-state index in [4.69, 9.17) is 13.9 Å². The Labute approximate surface area is 228 Å². The van der Waals surface area contributed by atoms with Gasteiger partial charge in [0.2, 0.25) is 5.78 Å². The van der Waals surface area contributed by atoms with E-state index < -0.39 is 28.1 Å². The fraction of sp³-hybridized carbons (Fsp3) is 0.633. The van der Waals surface area contributed by atoms with E-state index in [1.165, 1.54) is 0 Å². The van der Waals surface area contributed by atoms with Crippen LogP contribution in [0, 0.1) is 17.4 Å². The van der Waals surface area contributed by atoms with Gasteiger partial charge in [-0.15, -0.1) is 5.54 Å². The summed E-state index contributed by atoms with van der Waals surface area (Å²) < 4.78 is 17.9. The second-order valence-corrected chi connectivity index (χ2v) is 22.3. The normalized spacial score (nSPS) is 16.0. The molecule has 5 nitrogen and oxygen atoms in total. The molecule has 3 atom stereocenters. The Morgan fingerprint density at radius 2 is 1.68 bits per heavy atom. The molecule has 0 aliphatic carbocycles. The number of rotatable bonds is 13. The highest BCUT2D eigenvalue weighted by molar-refractivity contribution is 6.84. The van der Waals surface area contributed by atoms with Crippen LogP contribution < -0.4 is 4.74 Å². The number of Topliss-reactive ketones (excluding diaryl/α,β-unsaturated/α-hetero) is 1. The molecule has 0 heterocycles. The lowest BCUT2D eigenvalue weighted by Crippen LogP contribution is -2.43. The summed E-state index contributed by atoms with van der Waals surface area (Å²) >= 11 is 0. The molecule has 208 valence electrons. The molecule has 7 heteroatoms. The lowest BCUT2D eigenvalue weighted by molar-refractivity contribution is -0.134. The highest BCUT2D eigenvalue weighted by atomic mass is 28.4. The van der Waals surface area contributed by atoms with Crippen molar-refractivity contribution in [3.05, 3.63) is 42.0 Å². The van der Waals surface area contributed by atoms with E-state index >= 15 is 0 Å². The van der Waals surface area contributed by atoms with Gasteiger partial charge in [0, 0.05) is 13.0 Å². The van der Waals surface area contributed by atoms with Crippen molar-refractivity contribution in [2.45, 2.75) is 104 Å². The van der Waals surface area contributed by atoms with E-state index in [1.54, 1.807) is 7.11 Å². The van der Waals surface area contributed by atoms with Crippen LogP contribution in [0.2, 0.25) is 37.8 Å². The van der Waals surface area contributed by atoms with Gasteiger partial charge in [0.05, 0.1) is 25.4 Å². The molecule has 0 saturated carbocycles. The van der Waals surface area contributed by atoms with Gasteiger partial charge in [-0.1, -0.05) is 71.6 Å². The van der Waals surface area contributed by atoms with Gasteiger partial charge in [0.25, 0.3) is 0 Å². The van der Waals surface area contributed by atoms with Crippen LogP contribution >= 0.6 is 0 Å². The third-order valence-corrected chi connectivity index (χ3v) is 12.3. The molecule has 0 spiro atoms. The number of hydrogen-bond donors (Lipinski definition) is 1. The zero-order chi connectivity index (χ0) is 28.5. The minimum absolute atomic E-state index is 0.0610. The summed E-state index contributed by atoms with van der Waals surface area (Å²) in [5.74, 6) is 3.48. The van der Waals surface area contributed by atoms with Gasteiger partial charge in [0.15, 0.2) is 8.32 Å². The van der Waals surface area contributed by atoms with Gasteiger partial charge in [0.1, 0.15) is 13.8 Å². The zero-order valence-electron chi connectivity index (χ0n) is 25.0. The number of methoxy groups -OCH3 is 1. The number of carbonyl (C=O) groups is 1. The molecule has 0 aliphatic rings. The molecule has 0 radical (unpaired) electrons. The predicted octanol–water partition coefficient (Wildman–Crippen LogP) is 6.78. The van der Waals surface area contributed by atoms with E-state index in [9.17, 15) is 9.90 Å². The average molecular weight is 547 g/mol. The van der Waals surface area contributed by atoms with Crippen molar-refractivity contribution in [2.24, 2.45) is 5.92 Å². The molecule has 0 fully saturated rings. The first-order valence-electron chi connectivity index (χ1n) is 13.2. The summed E-state index contributed by atoms with van der Waals surface area (Å²) in [5.41, 5.74) is 3.10. The van der Waals surface area contributed by atoms with Gasteiger partial charge in [-0.05, 0) is 61.0 Å². The summed E-state index contributed by atoms with van der Waals surface area (Å²) in [7, 11) is -1.86. The van der Waals surface area contributed by atoms with E-state index in [1.807, 2.05) is 37.3 Å². The molecule has 1 aromatic rings. The molecule has 0 aliphatic heterocycles. The smallest absolute Gasteiger partial charge is 0.207 e. The van der Waals surface area contributed by atoms with Crippen molar-refractivity contribution >= 4 is 22.2 Å². The molecular weight excluding hydrogens is 496 g/mol. The second kappa shape index (κ2) is 13.9. The number of hydrogen-bond acceptors (Lipinski definition) is 5. The van der Waals surface area contributed by atoms with Gasteiger partial charge >= 0.3 is 0 Å². The highest BCUT2D eigenvalue weighted by Gasteiger charge is 2.37. The molecule has 1 aromatic carbocycles. The average Bonchev–Trinajstić information content (AvgIpc) is 2.79. The van der Waals surface area contributed by atoms with Gasteiger partial charge in [-0.25, -0.2) is 0 Å². The van der Waals surface area contributed by atoms with E-state index in [0.717, 1.165) is 11.3 Å². The Morgan fingerprint density at radius 3 is 2.19 bits per heavy atom. The monoisotopic (exact) mass is 546 g/mol. The molecule has 0 amide bonds. The van der Waals surface area contributed by atoms with Gasteiger partial charge < -0.3 is 19.0 Å². The van der Waals surface area contributed by atoms with E-state index in [-0.39, 0.29) is 23.2 Å². The van der Waals surface area contributed by atoms with Crippen molar-refractivity contribution in [1.82, 2.24) is 0 Å². The molecule has 37 heavy (non-hydrogen) atoms. The zero-order valence-corrected chi connectivity index (χ0v) is 27.0. The van der Waals surface area contributed by atoms with Crippen molar-refractivity contribution in [3.63, 3.8) is 0 Å². The summed E-state index contributed by atoms with van der Waals surface area (Å²) in [6.45, 7) is 22.5. The first kappa shape index (κ1) is 33.3. The third kappa shape index (κ3) is 12.1. The summed E-state index contributed by atoms with van der Waals surface area (Å²) in [5, 5.41) is 11.3. The lowest BCUT2D eigenvalue weighted by atomic mass is 9.90. The van der Waals surface area contributed by atoms with Crippen LogP contribution in [-0.2, 0) is 20.6 Å². The van der Waals surface area contributed by atoms with Crippen LogP contribution in [0.5, 0.6) is 5.75 Å². The maximum Gasteiger partial charge on any atom is 0.207 e. The van der Waals surface area contributed by atoms with Crippen molar-refractivity contribution in [3.8, 4) is 17.2 Å². The summed E-state index contributed by atoms with van der Waals surface area (Å²) in [4.78, 5) is 12.5. The van der Waals surface area contributed by atoms with Crippen LogP contribution in [0.1, 0.15) is 53.0 Å². The Hall–Kier alpha value is -1.70. The van der Waals surface area contributed by atoms with Crippen LogP contribution in [0.25, 0.3) is 0 Å². The molecule has 1 N–H and O–H groups in total. The van der Waals surface area contributed by atoms with E-state index in [2.05, 4.69) is 78.0 Å². The molecular formula is C30H50O5Si2. The predicted molar refractivity (Wildman–Crippen MR) is 159 cm³/mol. The third-order valence-electron chi connectivity index (χ3n) is 6.89. The molecule has 1 rings (SSSR count). The number of aliphatic hydroxyl groups is 1. The Balaban J connectivity index is 2.95. The van der Waals surface area contributed by atoms with Crippen LogP contribution in [0.15, 0.2) is 36.4 Å².